The molecule has 2 atom stereocenters. The predicted molar refractivity (Wildman–Crippen MR) is 51.5 cm³/mol. The maximum atomic E-state index is 6.01. The molecule has 0 spiro atoms. The molecule has 0 rings (SSSR count). The summed E-state index contributed by atoms with van der Waals surface area (Å²) < 4.78 is 0. The summed E-state index contributed by atoms with van der Waals surface area (Å²) >= 11 is 0. The average molecular weight is 157 g/mol. The van der Waals surface area contributed by atoms with Gasteiger partial charge >= 0.3 is 0 Å². The molecule has 0 saturated heterocycles. The van der Waals surface area contributed by atoms with Crippen LogP contribution in [0.15, 0.2) is 0 Å². The summed E-state index contributed by atoms with van der Waals surface area (Å²) in [6.07, 6.45) is 2.35. The molecule has 0 aliphatic carbocycles. The lowest BCUT2D eigenvalue weighted by molar-refractivity contribution is 0.214. The molecule has 0 saturated carbocycles. The largest absolute Gasteiger partial charge is 0.327 e. The number of hydrogen-bond donors (Lipinski definition) is 1. The highest BCUT2D eigenvalue weighted by Gasteiger charge is 2.24. The molecule has 0 heterocycles. The van der Waals surface area contributed by atoms with Crippen molar-refractivity contribution >= 4 is 0 Å². The molecule has 1 heteroatoms. The van der Waals surface area contributed by atoms with E-state index in [2.05, 4.69) is 34.6 Å². The molecule has 0 aliphatic rings. The molecule has 2 N–H and O–H groups in total. The second-order valence-corrected chi connectivity index (χ2v) is 4.61. The van der Waals surface area contributed by atoms with Crippen LogP contribution in [0.1, 0.15) is 47.5 Å². The quantitative estimate of drug-likeness (QED) is 0.670. The van der Waals surface area contributed by atoms with Crippen molar-refractivity contribution in [3.8, 4) is 0 Å². The van der Waals surface area contributed by atoms with Crippen LogP contribution in [-0.2, 0) is 0 Å². The summed E-state index contributed by atoms with van der Waals surface area (Å²) in [4.78, 5) is 0. The number of rotatable bonds is 3. The zero-order valence-electron chi connectivity index (χ0n) is 8.65. The Kier molecular flexibility index (Phi) is 4.09. The Morgan fingerprint density at radius 1 is 1.27 bits per heavy atom. The van der Waals surface area contributed by atoms with Gasteiger partial charge in [-0.05, 0) is 17.8 Å². The fourth-order valence-electron chi connectivity index (χ4n) is 1.23. The van der Waals surface area contributed by atoms with E-state index in [0.717, 1.165) is 6.42 Å². The molecule has 0 aromatic heterocycles. The lowest BCUT2D eigenvalue weighted by atomic mass is 9.77. The van der Waals surface area contributed by atoms with E-state index in [-0.39, 0.29) is 0 Å². The highest BCUT2D eigenvalue weighted by molar-refractivity contribution is 4.78. The van der Waals surface area contributed by atoms with Gasteiger partial charge in [0.1, 0.15) is 0 Å². The standard InChI is InChI=1S/C10H23N/c1-6-7-9(11)8(2)10(3,4)5/h8-9H,6-7,11H2,1-5H3. The summed E-state index contributed by atoms with van der Waals surface area (Å²) in [5, 5.41) is 0. The molecule has 2 unspecified atom stereocenters. The topological polar surface area (TPSA) is 26.0 Å². The van der Waals surface area contributed by atoms with Crippen LogP contribution in [0.25, 0.3) is 0 Å². The molecule has 1 nitrogen and oxygen atoms in total. The Morgan fingerprint density at radius 3 is 2.00 bits per heavy atom. The van der Waals surface area contributed by atoms with Crippen LogP contribution in [-0.4, -0.2) is 6.04 Å². The monoisotopic (exact) mass is 157 g/mol. The zero-order chi connectivity index (χ0) is 9.07. The minimum Gasteiger partial charge on any atom is -0.327 e. The second kappa shape index (κ2) is 4.10. The van der Waals surface area contributed by atoms with Crippen LogP contribution in [0.4, 0.5) is 0 Å². The maximum Gasteiger partial charge on any atom is 0.00694 e. The summed E-state index contributed by atoms with van der Waals surface area (Å²) in [5.41, 5.74) is 6.37. The molecule has 0 aromatic carbocycles. The van der Waals surface area contributed by atoms with Crippen LogP contribution in [0.5, 0.6) is 0 Å². The smallest absolute Gasteiger partial charge is 0.00694 e. The normalized spacial score (nSPS) is 18.0. The minimum absolute atomic E-state index is 0.356. The molecule has 0 amide bonds. The fraction of sp³-hybridized carbons (Fsp3) is 1.00. The van der Waals surface area contributed by atoms with E-state index < -0.39 is 0 Å². The molecule has 0 radical (unpaired) electrons. The molecule has 0 fully saturated rings. The van der Waals surface area contributed by atoms with Crippen LogP contribution in [0.3, 0.4) is 0 Å². The molecule has 68 valence electrons. The van der Waals surface area contributed by atoms with Crippen molar-refractivity contribution in [1.82, 2.24) is 0 Å². The summed E-state index contributed by atoms with van der Waals surface area (Å²) in [7, 11) is 0. The third kappa shape index (κ3) is 3.76. The summed E-state index contributed by atoms with van der Waals surface area (Å²) in [5.74, 6) is 0.613. The molecule has 0 aliphatic heterocycles. The fourth-order valence-corrected chi connectivity index (χ4v) is 1.23. The minimum atomic E-state index is 0.356. The predicted octanol–water partition coefficient (Wildman–Crippen LogP) is 2.80. The highest BCUT2D eigenvalue weighted by Crippen LogP contribution is 2.28. The Hall–Kier alpha value is -0.0400. The van der Waals surface area contributed by atoms with E-state index >= 15 is 0 Å². The van der Waals surface area contributed by atoms with E-state index in [1.807, 2.05) is 0 Å². The Morgan fingerprint density at radius 2 is 1.73 bits per heavy atom. The van der Waals surface area contributed by atoms with Gasteiger partial charge in [-0.15, -0.1) is 0 Å². The SMILES string of the molecule is CCCC(N)C(C)C(C)(C)C. The van der Waals surface area contributed by atoms with Crippen LogP contribution in [0.2, 0.25) is 0 Å². The van der Waals surface area contributed by atoms with Crippen molar-refractivity contribution in [2.24, 2.45) is 17.1 Å². The number of hydrogen-bond acceptors (Lipinski definition) is 1. The van der Waals surface area contributed by atoms with Gasteiger partial charge < -0.3 is 5.73 Å². The molecule has 11 heavy (non-hydrogen) atoms. The van der Waals surface area contributed by atoms with Gasteiger partial charge in [-0.3, -0.25) is 0 Å². The third-order valence-electron chi connectivity index (χ3n) is 2.63. The van der Waals surface area contributed by atoms with E-state index in [1.165, 1.54) is 6.42 Å². The Bertz CT molecular complexity index is 102. The Labute approximate surface area is 71.4 Å². The lowest BCUT2D eigenvalue weighted by Crippen LogP contribution is -2.36. The van der Waals surface area contributed by atoms with E-state index in [9.17, 15) is 0 Å². The maximum absolute atomic E-state index is 6.01. The second-order valence-electron chi connectivity index (χ2n) is 4.61. The first-order chi connectivity index (χ1) is 4.89. The highest BCUT2D eigenvalue weighted by atomic mass is 14.7. The lowest BCUT2D eigenvalue weighted by Gasteiger charge is -2.32. The summed E-state index contributed by atoms with van der Waals surface area (Å²) in [6.45, 7) is 11.2. The summed E-state index contributed by atoms with van der Waals surface area (Å²) in [6, 6.07) is 0.375. The third-order valence-corrected chi connectivity index (χ3v) is 2.63. The Balaban J connectivity index is 3.91. The van der Waals surface area contributed by atoms with Crippen molar-refractivity contribution < 1.29 is 0 Å². The van der Waals surface area contributed by atoms with E-state index in [0.29, 0.717) is 17.4 Å². The van der Waals surface area contributed by atoms with Crippen LogP contribution in [0, 0.1) is 11.3 Å². The molecular weight excluding hydrogens is 134 g/mol. The first-order valence-corrected chi connectivity index (χ1v) is 4.65. The van der Waals surface area contributed by atoms with Crippen molar-refractivity contribution in [1.29, 1.82) is 0 Å². The number of nitrogens with two attached hydrogens (primary N) is 1. The van der Waals surface area contributed by atoms with Gasteiger partial charge in [-0.25, -0.2) is 0 Å². The van der Waals surface area contributed by atoms with Gasteiger partial charge in [-0.2, -0.15) is 0 Å². The zero-order valence-corrected chi connectivity index (χ0v) is 8.65. The van der Waals surface area contributed by atoms with Gasteiger partial charge in [0.05, 0.1) is 0 Å². The van der Waals surface area contributed by atoms with Crippen LogP contribution >= 0.6 is 0 Å². The van der Waals surface area contributed by atoms with Crippen molar-refractivity contribution in [2.45, 2.75) is 53.5 Å². The first-order valence-electron chi connectivity index (χ1n) is 4.65. The molecular formula is C10H23N. The van der Waals surface area contributed by atoms with Crippen molar-refractivity contribution in [3.63, 3.8) is 0 Å². The average Bonchev–Trinajstić information content (AvgIpc) is 1.85. The van der Waals surface area contributed by atoms with Gasteiger partial charge in [0, 0.05) is 6.04 Å². The van der Waals surface area contributed by atoms with Crippen molar-refractivity contribution in [3.05, 3.63) is 0 Å². The van der Waals surface area contributed by atoms with Gasteiger partial charge in [0.25, 0.3) is 0 Å². The molecule has 0 bridgehead atoms. The molecule has 0 aromatic rings. The van der Waals surface area contributed by atoms with Gasteiger partial charge in [0.2, 0.25) is 0 Å². The van der Waals surface area contributed by atoms with Gasteiger partial charge in [0.15, 0.2) is 0 Å². The van der Waals surface area contributed by atoms with Gasteiger partial charge in [-0.1, -0.05) is 41.0 Å². The first kappa shape index (κ1) is 11.0. The van der Waals surface area contributed by atoms with Crippen molar-refractivity contribution in [2.75, 3.05) is 0 Å². The van der Waals surface area contributed by atoms with E-state index in [1.54, 1.807) is 0 Å². The van der Waals surface area contributed by atoms with E-state index in [4.69, 9.17) is 5.73 Å². The van der Waals surface area contributed by atoms with Crippen LogP contribution < -0.4 is 5.73 Å².